The van der Waals surface area contributed by atoms with Crippen LogP contribution in [0.2, 0.25) is 0 Å². The van der Waals surface area contributed by atoms with Gasteiger partial charge in [0.2, 0.25) is 5.95 Å². The van der Waals surface area contributed by atoms with E-state index >= 15 is 0 Å². The third-order valence-corrected chi connectivity index (χ3v) is 7.24. The fourth-order valence-corrected chi connectivity index (χ4v) is 4.95. The van der Waals surface area contributed by atoms with Crippen LogP contribution in [0.1, 0.15) is 18.1 Å². The third kappa shape index (κ3) is 5.87. The van der Waals surface area contributed by atoms with Crippen LogP contribution in [0.5, 0.6) is 0 Å². The fourth-order valence-electron chi connectivity index (χ4n) is 4.95. The average molecular weight is 616 g/mol. The van der Waals surface area contributed by atoms with Crippen LogP contribution in [0.4, 0.5) is 38.4 Å². The van der Waals surface area contributed by atoms with E-state index in [1.54, 1.807) is 11.5 Å². The number of hydrogen-bond donors (Lipinski definition) is 1. The molecule has 1 N–H and O–H groups in total. The number of piperazine rings is 1. The second kappa shape index (κ2) is 11.9. The molecule has 0 radical (unpaired) electrons. The second-order valence-electron chi connectivity index (χ2n) is 10.1. The van der Waals surface area contributed by atoms with Crippen LogP contribution in [0, 0.1) is 23.5 Å². The van der Waals surface area contributed by atoms with Crippen LogP contribution < -0.4 is 21.5 Å². The number of alkyl halides is 3. The summed E-state index contributed by atoms with van der Waals surface area (Å²) in [6.07, 6.45) is -4.55. The zero-order valence-corrected chi connectivity index (χ0v) is 23.6. The van der Waals surface area contributed by atoms with Gasteiger partial charge in [0.05, 0.1) is 18.7 Å². The summed E-state index contributed by atoms with van der Waals surface area (Å²) >= 11 is 0. The van der Waals surface area contributed by atoms with Gasteiger partial charge >= 0.3 is 17.9 Å². The molecule has 44 heavy (non-hydrogen) atoms. The Balaban J connectivity index is 1.42. The second-order valence-corrected chi connectivity index (χ2v) is 10.1. The Morgan fingerprint density at radius 3 is 2.39 bits per heavy atom. The van der Waals surface area contributed by atoms with Crippen molar-refractivity contribution in [2.24, 2.45) is 7.05 Å². The summed E-state index contributed by atoms with van der Waals surface area (Å²) in [5.74, 6) is 3.83. The molecular formula is C29H26F5N7O3. The molecule has 1 aliphatic rings. The first-order chi connectivity index (χ1) is 20.9. The van der Waals surface area contributed by atoms with Crippen molar-refractivity contribution in [3.05, 3.63) is 86.1 Å². The van der Waals surface area contributed by atoms with E-state index in [-0.39, 0.29) is 61.7 Å². The summed E-state index contributed by atoms with van der Waals surface area (Å²) in [5.41, 5.74) is -1.89. The van der Waals surface area contributed by atoms with Gasteiger partial charge in [0.1, 0.15) is 0 Å². The summed E-state index contributed by atoms with van der Waals surface area (Å²) in [7, 11) is 1.44. The van der Waals surface area contributed by atoms with Crippen molar-refractivity contribution >= 4 is 28.8 Å². The number of nitrogens with zero attached hydrogens (tertiary/aromatic N) is 6. The Labute approximate surface area is 246 Å². The van der Waals surface area contributed by atoms with E-state index in [2.05, 4.69) is 22.1 Å². The lowest BCUT2D eigenvalue weighted by Crippen LogP contribution is -2.50. The lowest BCUT2D eigenvalue weighted by molar-refractivity contribution is -0.137. The van der Waals surface area contributed by atoms with Crippen LogP contribution >= 0.6 is 0 Å². The number of fused-ring (bicyclic) bond motifs is 1. The first kappa shape index (κ1) is 30.3. The predicted octanol–water partition coefficient (Wildman–Crippen LogP) is 3.62. The van der Waals surface area contributed by atoms with E-state index in [1.807, 2.05) is 4.90 Å². The molecular weight excluding hydrogens is 589 g/mol. The molecule has 0 bridgehead atoms. The van der Waals surface area contributed by atoms with E-state index < -0.39 is 40.7 Å². The molecule has 1 fully saturated rings. The molecule has 2 aromatic carbocycles. The van der Waals surface area contributed by atoms with Gasteiger partial charge in [-0.05, 0) is 42.8 Å². The molecule has 0 spiro atoms. The maximum atomic E-state index is 13.8. The maximum Gasteiger partial charge on any atom is 0.416 e. The topological polar surface area (TPSA) is 97.4 Å². The number of urea groups is 1. The molecule has 0 aliphatic carbocycles. The fraction of sp³-hybridized carbons (Fsp3) is 0.310. The van der Waals surface area contributed by atoms with Crippen molar-refractivity contribution in [2.45, 2.75) is 26.2 Å². The largest absolute Gasteiger partial charge is 0.416 e. The third-order valence-electron chi connectivity index (χ3n) is 7.24. The highest BCUT2D eigenvalue weighted by Gasteiger charge is 2.31. The quantitative estimate of drug-likeness (QED) is 0.273. The Kier molecular flexibility index (Phi) is 8.18. The molecule has 2 amide bonds. The zero-order chi connectivity index (χ0) is 31.8. The normalized spacial score (nSPS) is 13.6. The summed E-state index contributed by atoms with van der Waals surface area (Å²) in [4.78, 5) is 47.5. The van der Waals surface area contributed by atoms with Gasteiger partial charge in [-0.2, -0.15) is 18.2 Å². The van der Waals surface area contributed by atoms with Crippen molar-refractivity contribution in [3.8, 4) is 11.8 Å². The van der Waals surface area contributed by atoms with Crippen LogP contribution in [-0.4, -0.2) is 55.8 Å². The molecule has 0 saturated carbocycles. The summed E-state index contributed by atoms with van der Waals surface area (Å²) in [6.45, 7) is 2.26. The molecule has 0 atom stereocenters. The van der Waals surface area contributed by atoms with Crippen molar-refractivity contribution in [2.75, 3.05) is 36.4 Å². The molecule has 2 aromatic heterocycles. The minimum absolute atomic E-state index is 0.00718. The Morgan fingerprint density at radius 1 is 1.00 bits per heavy atom. The molecule has 230 valence electrons. The van der Waals surface area contributed by atoms with Gasteiger partial charge in [-0.25, -0.2) is 18.4 Å². The highest BCUT2D eigenvalue weighted by molar-refractivity contribution is 5.89. The van der Waals surface area contributed by atoms with Gasteiger partial charge in [-0.3, -0.25) is 18.5 Å². The van der Waals surface area contributed by atoms with Crippen molar-refractivity contribution < 1.29 is 26.7 Å². The first-order valence-corrected chi connectivity index (χ1v) is 13.4. The smallest absolute Gasteiger partial charge is 0.339 e. The van der Waals surface area contributed by atoms with Gasteiger partial charge < -0.3 is 15.1 Å². The highest BCUT2D eigenvalue weighted by Crippen LogP contribution is 2.31. The van der Waals surface area contributed by atoms with Gasteiger partial charge in [-0.15, -0.1) is 5.92 Å². The lowest BCUT2D eigenvalue weighted by Gasteiger charge is -2.35. The van der Waals surface area contributed by atoms with E-state index in [9.17, 15) is 36.3 Å². The number of benzene rings is 2. The van der Waals surface area contributed by atoms with Gasteiger partial charge in [0.25, 0.3) is 5.56 Å². The minimum atomic E-state index is -4.55. The number of hydrogen-bond acceptors (Lipinski definition) is 5. The number of aryl methyl sites for hydroxylation is 1. The molecule has 0 unspecified atom stereocenters. The molecule has 10 nitrogen and oxygen atoms in total. The molecule has 4 aromatic rings. The van der Waals surface area contributed by atoms with Crippen LogP contribution in [-0.2, 0) is 26.3 Å². The standard InChI is InChI=1S/C29H26F5N7O3/c1-3-4-10-40-23-24(37(2)28(44)41(25(23)42)17-18-8-9-21(30)22(31)15-18)36-26(40)38-11-13-39(14-12-38)27(43)35-20-7-5-6-19(16-20)29(32,33)34/h5-9,15-16H,10-14,17H2,1-2H3,(H,35,43). The number of carbonyl (C=O) groups excluding carboxylic acids is 1. The Morgan fingerprint density at radius 2 is 1.73 bits per heavy atom. The number of anilines is 2. The van der Waals surface area contributed by atoms with Crippen molar-refractivity contribution in [1.82, 2.24) is 23.6 Å². The Bertz CT molecular complexity index is 1930. The van der Waals surface area contributed by atoms with E-state index in [0.717, 1.165) is 28.8 Å². The van der Waals surface area contributed by atoms with Gasteiger partial charge in [-0.1, -0.05) is 18.1 Å². The Hall–Kier alpha value is -5.13. The number of aromatic nitrogens is 4. The van der Waals surface area contributed by atoms with Crippen molar-refractivity contribution in [1.29, 1.82) is 0 Å². The number of rotatable bonds is 5. The number of carbonyl (C=O) groups is 1. The van der Waals surface area contributed by atoms with Crippen LogP contribution in [0.25, 0.3) is 11.2 Å². The van der Waals surface area contributed by atoms with Crippen molar-refractivity contribution in [3.63, 3.8) is 0 Å². The SMILES string of the molecule is CC#CCn1c(N2CCN(C(=O)Nc3cccc(C(F)(F)F)c3)CC2)nc2c1c(=O)n(Cc1ccc(F)c(F)c1)c(=O)n2C. The predicted molar refractivity (Wildman–Crippen MR) is 152 cm³/mol. The minimum Gasteiger partial charge on any atom is -0.339 e. The van der Waals surface area contributed by atoms with Gasteiger partial charge in [0, 0.05) is 38.9 Å². The zero-order valence-electron chi connectivity index (χ0n) is 23.6. The number of halogens is 5. The number of nitrogens with one attached hydrogen (secondary N) is 1. The lowest BCUT2D eigenvalue weighted by atomic mass is 10.2. The average Bonchev–Trinajstić information content (AvgIpc) is 3.38. The summed E-state index contributed by atoms with van der Waals surface area (Å²) in [6, 6.07) is 6.88. The summed E-state index contributed by atoms with van der Waals surface area (Å²) < 4.78 is 70.1. The monoisotopic (exact) mass is 615 g/mol. The van der Waals surface area contributed by atoms with Crippen LogP contribution in [0.15, 0.2) is 52.1 Å². The van der Waals surface area contributed by atoms with E-state index in [0.29, 0.717) is 5.95 Å². The van der Waals surface area contributed by atoms with Crippen LogP contribution in [0.3, 0.4) is 0 Å². The maximum absolute atomic E-state index is 13.8. The molecule has 1 saturated heterocycles. The van der Waals surface area contributed by atoms with E-state index in [1.165, 1.54) is 34.7 Å². The number of amides is 2. The molecule has 15 heteroatoms. The van der Waals surface area contributed by atoms with Gasteiger partial charge in [0.15, 0.2) is 22.8 Å². The molecule has 3 heterocycles. The number of imidazole rings is 1. The first-order valence-electron chi connectivity index (χ1n) is 13.4. The van der Waals surface area contributed by atoms with E-state index in [4.69, 9.17) is 0 Å². The molecule has 1 aliphatic heterocycles. The highest BCUT2D eigenvalue weighted by atomic mass is 19.4. The summed E-state index contributed by atoms with van der Waals surface area (Å²) in [5, 5.41) is 2.50. The molecule has 5 rings (SSSR count).